The number of benzene rings is 1. The summed E-state index contributed by atoms with van der Waals surface area (Å²) in [5.41, 5.74) is 0.233. The molecule has 0 radical (unpaired) electrons. The van der Waals surface area contributed by atoms with E-state index in [0.717, 1.165) is 4.90 Å². The second-order valence-electron chi connectivity index (χ2n) is 6.18. The molecule has 0 saturated heterocycles. The van der Waals surface area contributed by atoms with Gasteiger partial charge in [0.1, 0.15) is 5.60 Å². The largest absolute Gasteiger partial charge is 0.469 e. The van der Waals surface area contributed by atoms with Gasteiger partial charge < -0.3 is 9.47 Å². The van der Waals surface area contributed by atoms with E-state index < -0.39 is 29.6 Å². The van der Waals surface area contributed by atoms with Crippen LogP contribution in [-0.4, -0.2) is 35.6 Å². The van der Waals surface area contributed by atoms with Crippen LogP contribution < -0.4 is 0 Å². The zero-order valence-electron chi connectivity index (χ0n) is 13.4. The van der Waals surface area contributed by atoms with E-state index in [0.29, 0.717) is 15.6 Å². The van der Waals surface area contributed by atoms with E-state index in [-0.39, 0.29) is 6.42 Å². The van der Waals surface area contributed by atoms with Crippen molar-refractivity contribution in [3.8, 4) is 0 Å². The van der Waals surface area contributed by atoms with Crippen molar-refractivity contribution in [1.29, 1.82) is 0 Å². The van der Waals surface area contributed by atoms with Crippen LogP contribution in [0.15, 0.2) is 22.7 Å². The number of hydrogen-bond acceptors (Lipinski definition) is 5. The van der Waals surface area contributed by atoms with E-state index >= 15 is 0 Å². The maximum Gasteiger partial charge on any atom is 0.417 e. The Morgan fingerprint density at radius 3 is 2.52 bits per heavy atom. The van der Waals surface area contributed by atoms with Crippen LogP contribution >= 0.6 is 15.9 Å². The molecule has 0 fully saturated rings. The average Bonchev–Trinajstić information content (AvgIpc) is 2.69. The Labute approximate surface area is 142 Å². The van der Waals surface area contributed by atoms with E-state index in [1.54, 1.807) is 39.0 Å². The van der Waals surface area contributed by atoms with Crippen LogP contribution in [0.25, 0.3) is 0 Å². The van der Waals surface area contributed by atoms with Crippen molar-refractivity contribution in [3.05, 3.63) is 33.8 Å². The quantitative estimate of drug-likeness (QED) is 0.731. The summed E-state index contributed by atoms with van der Waals surface area (Å²) in [6.45, 7) is 5.14. The highest BCUT2D eigenvalue weighted by atomic mass is 79.9. The van der Waals surface area contributed by atoms with E-state index in [1.807, 2.05) is 0 Å². The van der Waals surface area contributed by atoms with Crippen LogP contribution in [0.4, 0.5) is 4.79 Å². The SMILES string of the molecule is COC(=O)CC1c2ccc(Br)cc2C(=O)N1C(=O)OC(C)(C)C. The molecule has 0 aliphatic carbocycles. The van der Waals surface area contributed by atoms with Crippen LogP contribution in [-0.2, 0) is 14.3 Å². The summed E-state index contributed by atoms with van der Waals surface area (Å²) in [4.78, 5) is 37.7. The van der Waals surface area contributed by atoms with E-state index in [1.165, 1.54) is 7.11 Å². The summed E-state index contributed by atoms with van der Waals surface area (Å²) in [6.07, 6.45) is -0.889. The minimum Gasteiger partial charge on any atom is -0.469 e. The molecule has 1 heterocycles. The minimum atomic E-state index is -0.774. The molecule has 2 rings (SSSR count). The molecular formula is C16H18BrNO5. The maximum atomic E-state index is 12.6. The molecule has 0 aromatic heterocycles. The zero-order chi connectivity index (χ0) is 17.4. The van der Waals surface area contributed by atoms with Crippen LogP contribution in [0.1, 0.15) is 49.2 Å². The number of nitrogens with zero attached hydrogens (tertiary/aromatic N) is 1. The first-order valence-corrected chi connectivity index (χ1v) is 7.86. The first kappa shape index (κ1) is 17.5. The van der Waals surface area contributed by atoms with Crippen molar-refractivity contribution in [2.75, 3.05) is 7.11 Å². The first-order valence-electron chi connectivity index (χ1n) is 7.07. The maximum absolute atomic E-state index is 12.6. The Hall–Kier alpha value is -1.89. The van der Waals surface area contributed by atoms with Crippen molar-refractivity contribution in [2.45, 2.75) is 38.8 Å². The predicted molar refractivity (Wildman–Crippen MR) is 85.9 cm³/mol. The van der Waals surface area contributed by atoms with Gasteiger partial charge in [0.25, 0.3) is 5.91 Å². The Morgan fingerprint density at radius 1 is 1.30 bits per heavy atom. The minimum absolute atomic E-state index is 0.115. The van der Waals surface area contributed by atoms with Crippen molar-refractivity contribution in [1.82, 2.24) is 4.90 Å². The number of imide groups is 1. The van der Waals surface area contributed by atoms with Crippen molar-refractivity contribution in [2.24, 2.45) is 0 Å². The molecule has 1 aromatic carbocycles. The number of halogens is 1. The summed E-state index contributed by atoms with van der Waals surface area (Å²) in [5, 5.41) is 0. The van der Waals surface area contributed by atoms with Gasteiger partial charge in [0, 0.05) is 10.0 Å². The molecular weight excluding hydrogens is 366 g/mol. The van der Waals surface area contributed by atoms with Gasteiger partial charge in [-0.25, -0.2) is 9.69 Å². The molecule has 1 aliphatic heterocycles. The van der Waals surface area contributed by atoms with Crippen molar-refractivity contribution < 1.29 is 23.9 Å². The van der Waals surface area contributed by atoms with Gasteiger partial charge in [-0.05, 0) is 38.5 Å². The van der Waals surface area contributed by atoms with E-state index in [4.69, 9.17) is 4.74 Å². The predicted octanol–water partition coefficient (Wildman–Crippen LogP) is 3.44. The number of hydrogen-bond donors (Lipinski definition) is 0. The smallest absolute Gasteiger partial charge is 0.417 e. The topological polar surface area (TPSA) is 72.9 Å². The summed E-state index contributed by atoms with van der Waals surface area (Å²) < 4.78 is 10.7. The second-order valence-corrected chi connectivity index (χ2v) is 7.10. The first-order chi connectivity index (χ1) is 10.6. The number of carbonyl (C=O) groups excluding carboxylic acids is 3. The van der Waals surface area contributed by atoms with Gasteiger partial charge in [-0.3, -0.25) is 9.59 Å². The van der Waals surface area contributed by atoms with Gasteiger partial charge in [-0.2, -0.15) is 0 Å². The molecule has 0 saturated carbocycles. The number of carbonyl (C=O) groups is 3. The fourth-order valence-corrected chi connectivity index (χ4v) is 2.74. The van der Waals surface area contributed by atoms with Crippen molar-refractivity contribution >= 4 is 33.9 Å². The molecule has 124 valence electrons. The Kier molecular flexibility index (Phi) is 4.79. The van der Waals surface area contributed by atoms with Crippen molar-refractivity contribution in [3.63, 3.8) is 0 Å². The lowest BCUT2D eigenvalue weighted by molar-refractivity contribution is -0.141. The average molecular weight is 384 g/mol. The van der Waals surface area contributed by atoms with Crippen LogP contribution in [0.5, 0.6) is 0 Å². The summed E-state index contributed by atoms with van der Waals surface area (Å²) in [5.74, 6) is -0.989. The number of rotatable bonds is 2. The van der Waals surface area contributed by atoms with Gasteiger partial charge in [0.15, 0.2) is 0 Å². The number of ether oxygens (including phenoxy) is 2. The van der Waals surface area contributed by atoms with Gasteiger partial charge in [0.05, 0.1) is 19.6 Å². The Morgan fingerprint density at radius 2 is 1.96 bits per heavy atom. The van der Waals surface area contributed by atoms with Gasteiger partial charge in [-0.1, -0.05) is 22.0 Å². The Bertz CT molecular complexity index is 665. The molecule has 23 heavy (non-hydrogen) atoms. The molecule has 2 amide bonds. The van der Waals surface area contributed by atoms with Gasteiger partial charge >= 0.3 is 12.1 Å². The normalized spacial score (nSPS) is 17.0. The molecule has 1 atom stereocenters. The summed E-state index contributed by atoms with van der Waals surface area (Å²) >= 11 is 3.30. The molecule has 1 unspecified atom stereocenters. The number of amides is 2. The van der Waals surface area contributed by atoms with Crippen LogP contribution in [0.3, 0.4) is 0 Å². The fraction of sp³-hybridized carbons (Fsp3) is 0.438. The third-order valence-corrected chi connectivity index (χ3v) is 3.81. The molecule has 1 aliphatic rings. The molecule has 7 heteroatoms. The number of fused-ring (bicyclic) bond motifs is 1. The third-order valence-electron chi connectivity index (χ3n) is 3.31. The third kappa shape index (κ3) is 3.72. The van der Waals surface area contributed by atoms with Gasteiger partial charge in [0.2, 0.25) is 0 Å². The summed E-state index contributed by atoms with van der Waals surface area (Å²) in [6, 6.07) is 4.38. The lowest BCUT2D eigenvalue weighted by Crippen LogP contribution is -2.39. The van der Waals surface area contributed by atoms with Crippen LogP contribution in [0, 0.1) is 0 Å². The molecule has 6 nitrogen and oxygen atoms in total. The van der Waals surface area contributed by atoms with Crippen LogP contribution in [0.2, 0.25) is 0 Å². The summed E-state index contributed by atoms with van der Waals surface area (Å²) in [7, 11) is 1.26. The second kappa shape index (κ2) is 6.31. The van der Waals surface area contributed by atoms with E-state index in [2.05, 4.69) is 20.7 Å². The molecule has 0 spiro atoms. The van der Waals surface area contributed by atoms with Gasteiger partial charge in [-0.15, -0.1) is 0 Å². The zero-order valence-corrected chi connectivity index (χ0v) is 15.0. The fourth-order valence-electron chi connectivity index (χ4n) is 2.38. The monoisotopic (exact) mass is 383 g/mol. The highest BCUT2D eigenvalue weighted by molar-refractivity contribution is 9.10. The standard InChI is InChI=1S/C16H18BrNO5/c1-16(2,3)23-15(21)18-12(8-13(19)22-4)10-6-5-9(17)7-11(10)14(18)20/h5-7,12H,8H2,1-4H3. The molecule has 0 N–H and O–H groups in total. The highest BCUT2D eigenvalue weighted by Gasteiger charge is 2.43. The highest BCUT2D eigenvalue weighted by Crippen LogP contribution is 2.38. The van der Waals surface area contributed by atoms with E-state index in [9.17, 15) is 14.4 Å². The molecule has 0 bridgehead atoms. The Balaban J connectivity index is 2.41. The molecule has 1 aromatic rings. The number of methoxy groups -OCH3 is 1. The lowest BCUT2D eigenvalue weighted by atomic mass is 10.0. The number of esters is 1. The lowest BCUT2D eigenvalue weighted by Gasteiger charge is -2.27.